The zero-order valence-corrected chi connectivity index (χ0v) is 5.52. The van der Waals surface area contributed by atoms with E-state index in [1.165, 1.54) is 13.2 Å². The maximum atomic E-state index is 9.87. The summed E-state index contributed by atoms with van der Waals surface area (Å²) in [5, 5.41) is 0. The van der Waals surface area contributed by atoms with Crippen LogP contribution in [0.4, 0.5) is 25.2 Å². The third-order valence-electron chi connectivity index (χ3n) is 0. The molecule has 1 nitrogen and oxygen atoms in total. The first-order valence-electron chi connectivity index (χ1n) is 1.72. The second-order valence-corrected chi connectivity index (χ2v) is 3.08. The summed E-state index contributed by atoms with van der Waals surface area (Å²) in [4.78, 5) is 8.68. The van der Waals surface area contributed by atoms with Gasteiger partial charge in [-0.3, -0.25) is 0 Å². The Hall–Kier alpha value is -0.410. The number of hydrogen-bond donors (Lipinski definition) is 0. The summed E-state index contributed by atoms with van der Waals surface area (Å²) in [7, 11) is -10.7. The van der Waals surface area contributed by atoms with Crippen molar-refractivity contribution in [3.05, 3.63) is 0 Å². The molecule has 0 atom stereocenters. The second kappa shape index (κ2) is 2.04. The van der Waals surface area contributed by atoms with Crippen molar-refractivity contribution in [2.75, 3.05) is 0 Å². The van der Waals surface area contributed by atoms with Gasteiger partial charge in [0.15, 0.2) is 0 Å². The molecule has 0 bridgehead atoms. The van der Waals surface area contributed by atoms with Gasteiger partial charge in [-0.25, -0.2) is 0 Å². The molecule has 0 saturated heterocycles. The van der Waals surface area contributed by atoms with Crippen LogP contribution < -0.4 is 0 Å². The predicted molar refractivity (Wildman–Crippen MR) is 24.9 cm³/mol. The van der Waals surface area contributed by atoms with Crippen molar-refractivity contribution >= 4 is 14.1 Å². The molecule has 0 aromatic rings. The average molecular weight is 188 g/mol. The van der Waals surface area contributed by atoms with Crippen molar-refractivity contribution in [3.8, 4) is 0 Å². The van der Waals surface area contributed by atoms with Gasteiger partial charge >= 0.3 is 39.3 Å². The zero-order valence-electron chi connectivity index (χ0n) is 4.62. The van der Waals surface area contributed by atoms with E-state index in [-0.39, 0.29) is 0 Å². The van der Waals surface area contributed by atoms with Crippen LogP contribution in [0.15, 0.2) is 0 Å². The van der Waals surface area contributed by atoms with Crippen molar-refractivity contribution < 1.29 is 30.0 Å². The molecule has 64 valence electrons. The Morgan fingerprint density at radius 1 is 1.00 bits per heavy atom. The van der Waals surface area contributed by atoms with Crippen molar-refractivity contribution in [1.29, 1.82) is 0 Å². The summed E-state index contributed by atoms with van der Waals surface area (Å²) in [6.45, 7) is 1.32. The van der Waals surface area contributed by atoms with E-state index in [4.69, 9.17) is 4.79 Å². The molecule has 0 aliphatic heterocycles. The molecule has 0 heterocycles. The Kier molecular flexibility index (Phi) is 2.50. The Labute approximate surface area is 52.3 Å². The van der Waals surface area contributed by atoms with Crippen molar-refractivity contribution in [2.24, 2.45) is 0 Å². The maximum absolute atomic E-state index is 10.7. The molecule has 0 N–H and O–H groups in total. The summed E-state index contributed by atoms with van der Waals surface area (Å²) in [5.74, 6) is 0. The zero-order chi connectivity index (χ0) is 9.12. The normalized spacial score (nSPS) is 17.1. The fraction of sp³-hybridized carbons (Fsp3) is 0.500. The molecule has 0 aliphatic rings. The standard InChI is InChI=1S/C2H3O.F6P/c1-2-3;1-7(2,3,4,5)6/h1H3;/q+1;-1. The van der Waals surface area contributed by atoms with E-state index in [9.17, 15) is 25.2 Å². The Morgan fingerprint density at radius 3 is 1.00 bits per heavy atom. The SMILES string of the molecule is C[C+]=O.F[P-](F)(F)(F)(F)F. The molecule has 0 rings (SSSR count). The molecule has 8 heteroatoms. The number of hydrogen-bond acceptors (Lipinski definition) is 1. The van der Waals surface area contributed by atoms with E-state index >= 15 is 0 Å². The first kappa shape index (κ1) is 12.3. The second-order valence-electron chi connectivity index (χ2n) is 1.16. The van der Waals surface area contributed by atoms with E-state index in [1.807, 2.05) is 0 Å². The Bertz CT molecular complexity index is 105. The molecule has 0 amide bonds. The van der Waals surface area contributed by atoms with Crippen LogP contribution in [0.25, 0.3) is 0 Å². The van der Waals surface area contributed by atoms with Gasteiger partial charge in [0, 0.05) is 4.79 Å². The van der Waals surface area contributed by atoms with Gasteiger partial charge in [-0.05, 0) is 0 Å². The summed E-state index contributed by atoms with van der Waals surface area (Å²) >= 11 is 0. The van der Waals surface area contributed by atoms with E-state index in [1.54, 1.807) is 0 Å². The van der Waals surface area contributed by atoms with Gasteiger partial charge in [0.2, 0.25) is 6.92 Å². The van der Waals surface area contributed by atoms with E-state index in [0.717, 1.165) is 0 Å². The van der Waals surface area contributed by atoms with Gasteiger partial charge < -0.3 is 0 Å². The van der Waals surface area contributed by atoms with Gasteiger partial charge in [0.25, 0.3) is 0 Å². The van der Waals surface area contributed by atoms with Crippen molar-refractivity contribution in [2.45, 2.75) is 6.92 Å². The monoisotopic (exact) mass is 188 g/mol. The molecule has 0 unspecified atom stereocenters. The number of rotatable bonds is 0. The van der Waals surface area contributed by atoms with Gasteiger partial charge in [0.05, 0.1) is 0 Å². The van der Waals surface area contributed by atoms with Crippen LogP contribution in [-0.4, -0.2) is 6.29 Å². The quantitative estimate of drug-likeness (QED) is 0.323. The van der Waals surface area contributed by atoms with Crippen LogP contribution in [0.1, 0.15) is 6.92 Å². The third kappa shape index (κ3) is 1960. The number of halogens is 6. The molecular formula is C2H3F6OP. The van der Waals surface area contributed by atoms with E-state index < -0.39 is 7.81 Å². The molecule has 10 heavy (non-hydrogen) atoms. The topological polar surface area (TPSA) is 17.1 Å². The fourth-order valence-electron chi connectivity index (χ4n) is 0. The van der Waals surface area contributed by atoms with Crippen LogP contribution >= 0.6 is 7.81 Å². The minimum absolute atomic E-state index is 1.32. The van der Waals surface area contributed by atoms with E-state index in [0.29, 0.717) is 0 Å². The molecule has 0 saturated carbocycles. The van der Waals surface area contributed by atoms with Crippen LogP contribution in [-0.2, 0) is 4.79 Å². The van der Waals surface area contributed by atoms with Crippen LogP contribution in [0, 0.1) is 0 Å². The predicted octanol–water partition coefficient (Wildman–Crippen LogP) is 3.50. The molecule has 0 radical (unpaired) electrons. The first-order chi connectivity index (χ1) is 3.86. The first-order valence-corrected chi connectivity index (χ1v) is 3.75. The molecule has 0 fully saturated rings. The summed E-state index contributed by atoms with van der Waals surface area (Å²) in [5.41, 5.74) is 0. The van der Waals surface area contributed by atoms with Gasteiger partial charge in [-0.1, -0.05) is 0 Å². The Morgan fingerprint density at radius 2 is 1.00 bits per heavy atom. The third-order valence-corrected chi connectivity index (χ3v) is 0. The van der Waals surface area contributed by atoms with E-state index in [2.05, 4.69) is 0 Å². The molecular weight excluding hydrogens is 185 g/mol. The summed E-state index contributed by atoms with van der Waals surface area (Å²) in [6.07, 6.45) is 1.50. The van der Waals surface area contributed by atoms with Crippen molar-refractivity contribution in [3.63, 3.8) is 0 Å². The van der Waals surface area contributed by atoms with Gasteiger partial charge in [-0.2, -0.15) is 0 Å². The molecule has 0 aromatic carbocycles. The molecule has 0 aromatic heterocycles. The number of carbonyl (C=O) groups excluding carboxylic acids is 1. The molecule has 0 aliphatic carbocycles. The van der Waals surface area contributed by atoms with Crippen molar-refractivity contribution in [1.82, 2.24) is 0 Å². The Balaban J connectivity index is 0. The van der Waals surface area contributed by atoms with Crippen LogP contribution in [0.3, 0.4) is 0 Å². The summed E-state index contributed by atoms with van der Waals surface area (Å²) in [6, 6.07) is 0. The average Bonchev–Trinajstić information content (AvgIpc) is 1.20. The van der Waals surface area contributed by atoms with Crippen LogP contribution in [0.2, 0.25) is 0 Å². The van der Waals surface area contributed by atoms with Crippen LogP contribution in [0.5, 0.6) is 0 Å². The minimum atomic E-state index is -10.7. The molecule has 0 spiro atoms. The van der Waals surface area contributed by atoms with Gasteiger partial charge in [0.1, 0.15) is 0 Å². The van der Waals surface area contributed by atoms with Gasteiger partial charge in [-0.15, -0.1) is 0 Å². The summed E-state index contributed by atoms with van der Waals surface area (Å²) < 4.78 is 59.2. The fourth-order valence-corrected chi connectivity index (χ4v) is 0.